The third-order valence-corrected chi connectivity index (χ3v) is 7.05. The van der Waals surface area contributed by atoms with E-state index in [1.54, 1.807) is 39.5 Å². The second kappa shape index (κ2) is 14.4. The van der Waals surface area contributed by atoms with Gasteiger partial charge in [-0.25, -0.2) is 0 Å². The van der Waals surface area contributed by atoms with Crippen molar-refractivity contribution in [1.82, 2.24) is 0 Å². The number of phenolic OH excluding ortho intramolecular Hbond substituents is 1. The summed E-state index contributed by atoms with van der Waals surface area (Å²) in [7, 11) is 10.6. The van der Waals surface area contributed by atoms with Crippen LogP contribution in [0.3, 0.4) is 0 Å². The van der Waals surface area contributed by atoms with Gasteiger partial charge in [-0.3, -0.25) is 4.79 Å². The van der Waals surface area contributed by atoms with Crippen LogP contribution in [0.5, 0.6) is 46.0 Å². The van der Waals surface area contributed by atoms with E-state index in [1.165, 1.54) is 28.4 Å². The van der Waals surface area contributed by atoms with Crippen molar-refractivity contribution < 1.29 is 43.1 Å². The largest absolute Gasteiger partial charge is 0.503 e. The Kier molecular flexibility index (Phi) is 11.0. The normalized spacial score (nSPS) is 10.7. The molecule has 0 unspecified atom stereocenters. The molecule has 2 N–H and O–H groups in total. The third-order valence-electron chi connectivity index (χ3n) is 6.26. The number of nitrogens with one attached hydrogen (secondary N) is 1. The summed E-state index contributed by atoms with van der Waals surface area (Å²) < 4.78 is 38.2. The number of hydrogen-bond acceptors (Lipinski definition) is 10. The molecule has 0 heterocycles. The lowest BCUT2D eigenvalue weighted by Gasteiger charge is -2.17. The number of anilines is 1. The zero-order valence-corrected chi connectivity index (χ0v) is 25.6. The number of ketones is 1. The van der Waals surface area contributed by atoms with Crippen LogP contribution in [0.15, 0.2) is 34.8 Å². The Labute approximate surface area is 247 Å². The van der Waals surface area contributed by atoms with Crippen LogP contribution < -0.4 is 38.5 Å². The van der Waals surface area contributed by atoms with Crippen molar-refractivity contribution in [3.05, 3.63) is 51.5 Å². The number of ether oxygens (including phenoxy) is 7. The molecule has 0 aliphatic heterocycles. The average molecular weight is 633 g/mol. The highest BCUT2D eigenvalue weighted by atomic mass is 79.9. The monoisotopic (exact) mass is 631 g/mol. The molecule has 3 rings (SSSR count). The molecule has 0 aromatic heterocycles. The van der Waals surface area contributed by atoms with E-state index in [0.29, 0.717) is 55.8 Å². The summed E-state index contributed by atoms with van der Waals surface area (Å²) in [6.45, 7) is 0.216. The first-order chi connectivity index (χ1) is 19.8. The van der Waals surface area contributed by atoms with Crippen LogP contribution in [0.25, 0.3) is 12.2 Å². The molecule has 3 aromatic carbocycles. The quantitative estimate of drug-likeness (QED) is 0.123. The molecule has 0 saturated heterocycles. The summed E-state index contributed by atoms with van der Waals surface area (Å²) in [5, 5.41) is 14.1. The Balaban J connectivity index is 1.88. The number of halogens is 1. The van der Waals surface area contributed by atoms with Gasteiger partial charge in [-0.2, -0.15) is 0 Å². The SMILES string of the molecule is COc1ccc(/C=C\c2cc(OC)c(OC)c(OC)c2)c(NCCC(=O)c2cc(OC)c(OC)c(OC)c2Br)c1O. The van der Waals surface area contributed by atoms with Crippen molar-refractivity contribution in [2.24, 2.45) is 0 Å². The Morgan fingerprint density at radius 1 is 0.756 bits per heavy atom. The average Bonchev–Trinajstić information content (AvgIpc) is 2.99. The van der Waals surface area contributed by atoms with E-state index in [1.807, 2.05) is 24.3 Å². The number of benzene rings is 3. The van der Waals surface area contributed by atoms with Crippen molar-refractivity contribution in [2.75, 3.05) is 61.6 Å². The van der Waals surface area contributed by atoms with Crippen LogP contribution in [0, 0.1) is 0 Å². The fourth-order valence-corrected chi connectivity index (χ4v) is 4.90. The summed E-state index contributed by atoms with van der Waals surface area (Å²) in [6.07, 6.45) is 3.76. The molecule has 3 aromatic rings. The molecule has 0 saturated carbocycles. The van der Waals surface area contributed by atoms with Gasteiger partial charge in [0.25, 0.3) is 0 Å². The number of Topliss-reactive ketones (excluding diaryl/α,β-unsaturated/α-hetero) is 1. The van der Waals surface area contributed by atoms with Crippen molar-refractivity contribution in [1.29, 1.82) is 0 Å². The fourth-order valence-electron chi connectivity index (χ4n) is 4.22. The number of methoxy groups -OCH3 is 7. The van der Waals surface area contributed by atoms with Gasteiger partial charge in [-0.1, -0.05) is 12.2 Å². The number of hydrogen-bond donors (Lipinski definition) is 2. The third kappa shape index (κ3) is 6.74. The molecule has 220 valence electrons. The lowest BCUT2D eigenvalue weighted by Crippen LogP contribution is -2.11. The van der Waals surface area contributed by atoms with Crippen molar-refractivity contribution in [3.8, 4) is 46.0 Å². The summed E-state index contributed by atoms with van der Waals surface area (Å²) in [4.78, 5) is 13.2. The van der Waals surface area contributed by atoms with Crippen LogP contribution in [-0.4, -0.2) is 67.2 Å². The zero-order chi connectivity index (χ0) is 30.1. The zero-order valence-electron chi connectivity index (χ0n) is 24.0. The molecule has 0 spiro atoms. The number of phenols is 1. The van der Waals surface area contributed by atoms with E-state index < -0.39 is 0 Å². The molecule has 41 heavy (non-hydrogen) atoms. The van der Waals surface area contributed by atoms with Gasteiger partial charge in [-0.15, -0.1) is 0 Å². The highest BCUT2D eigenvalue weighted by Gasteiger charge is 2.23. The van der Waals surface area contributed by atoms with E-state index >= 15 is 0 Å². The first kappa shape index (κ1) is 31.3. The van der Waals surface area contributed by atoms with E-state index in [0.717, 1.165) is 5.56 Å². The number of aromatic hydroxyl groups is 1. The van der Waals surface area contributed by atoms with E-state index in [-0.39, 0.29) is 30.2 Å². The predicted octanol–water partition coefficient (Wildman–Crippen LogP) is 6.07. The van der Waals surface area contributed by atoms with Gasteiger partial charge in [0.15, 0.2) is 40.3 Å². The molecular formula is C30H34BrNO9. The van der Waals surface area contributed by atoms with Crippen molar-refractivity contribution in [2.45, 2.75) is 6.42 Å². The first-order valence-corrected chi connectivity index (χ1v) is 13.2. The molecule has 0 fully saturated rings. The second-order valence-corrected chi connectivity index (χ2v) is 9.27. The Morgan fingerprint density at radius 3 is 1.85 bits per heavy atom. The van der Waals surface area contributed by atoms with E-state index in [2.05, 4.69) is 21.2 Å². The summed E-state index contributed by atoms with van der Waals surface area (Å²) in [5.74, 6) is 2.64. The lowest BCUT2D eigenvalue weighted by atomic mass is 10.1. The van der Waals surface area contributed by atoms with Gasteiger partial charge in [0.05, 0.1) is 59.9 Å². The highest BCUT2D eigenvalue weighted by Crippen LogP contribution is 2.45. The maximum Gasteiger partial charge on any atom is 0.204 e. The molecule has 10 nitrogen and oxygen atoms in total. The van der Waals surface area contributed by atoms with Gasteiger partial charge in [0.1, 0.15) is 0 Å². The minimum atomic E-state index is -0.180. The smallest absolute Gasteiger partial charge is 0.204 e. The molecule has 0 bridgehead atoms. The van der Waals surface area contributed by atoms with Crippen LogP contribution >= 0.6 is 15.9 Å². The molecule has 0 aliphatic carbocycles. The number of rotatable bonds is 14. The van der Waals surface area contributed by atoms with Crippen molar-refractivity contribution >= 4 is 39.6 Å². The molecular weight excluding hydrogens is 598 g/mol. The van der Waals surface area contributed by atoms with Gasteiger partial charge in [-0.05, 0) is 51.8 Å². The predicted molar refractivity (Wildman–Crippen MR) is 161 cm³/mol. The minimum absolute atomic E-state index is 0.0824. The molecule has 11 heteroatoms. The van der Waals surface area contributed by atoms with E-state index in [9.17, 15) is 9.90 Å². The standard InChI is InChI=1S/C30H34BrNO9/c1-35-21-11-10-18(9-8-17-14-22(36-2)28(39-5)23(15-17)37-3)26(27(21)34)32-13-12-20(33)19-16-24(38-4)29(40-6)30(41-7)25(19)31/h8-11,14-16,32,34H,12-13H2,1-7H3/b9-8-. The highest BCUT2D eigenvalue weighted by molar-refractivity contribution is 9.10. The summed E-state index contributed by atoms with van der Waals surface area (Å²) in [5.41, 5.74) is 2.23. The maximum absolute atomic E-state index is 13.2. The maximum atomic E-state index is 13.2. The van der Waals surface area contributed by atoms with Crippen LogP contribution in [0.2, 0.25) is 0 Å². The van der Waals surface area contributed by atoms with Crippen molar-refractivity contribution in [3.63, 3.8) is 0 Å². The van der Waals surface area contributed by atoms with E-state index in [4.69, 9.17) is 33.2 Å². The second-order valence-electron chi connectivity index (χ2n) is 8.48. The number of carbonyl (C=O) groups is 1. The van der Waals surface area contributed by atoms with Crippen LogP contribution in [0.4, 0.5) is 5.69 Å². The topological polar surface area (TPSA) is 114 Å². The molecule has 0 amide bonds. The Bertz CT molecular complexity index is 1400. The molecule has 0 aliphatic rings. The van der Waals surface area contributed by atoms with Gasteiger partial charge >= 0.3 is 0 Å². The van der Waals surface area contributed by atoms with Gasteiger partial charge < -0.3 is 43.6 Å². The molecule has 0 radical (unpaired) electrons. The molecule has 0 atom stereocenters. The fraction of sp³-hybridized carbons (Fsp3) is 0.300. The summed E-state index contributed by atoms with van der Waals surface area (Å²) in [6, 6.07) is 8.67. The van der Waals surface area contributed by atoms with Gasteiger partial charge in [0, 0.05) is 24.1 Å². The Morgan fingerprint density at radius 2 is 1.32 bits per heavy atom. The number of carbonyl (C=O) groups excluding carboxylic acids is 1. The van der Waals surface area contributed by atoms with Crippen LogP contribution in [-0.2, 0) is 0 Å². The Hall–Kier alpha value is -4.25. The van der Waals surface area contributed by atoms with Crippen LogP contribution in [0.1, 0.15) is 27.9 Å². The van der Waals surface area contributed by atoms with Gasteiger partial charge in [0.2, 0.25) is 11.5 Å². The lowest BCUT2D eigenvalue weighted by molar-refractivity contribution is 0.0985. The first-order valence-electron chi connectivity index (χ1n) is 12.4. The summed E-state index contributed by atoms with van der Waals surface area (Å²) >= 11 is 3.45. The minimum Gasteiger partial charge on any atom is -0.503 e.